The van der Waals surface area contributed by atoms with Crippen LogP contribution in [0.5, 0.6) is 5.75 Å². The number of methoxy groups -OCH3 is 1. The van der Waals surface area contributed by atoms with Gasteiger partial charge in [0.2, 0.25) is 0 Å². The van der Waals surface area contributed by atoms with E-state index in [1.54, 1.807) is 46.1 Å². The van der Waals surface area contributed by atoms with Crippen molar-refractivity contribution in [1.82, 2.24) is 15.3 Å². The maximum atomic E-state index is 12.3. The predicted molar refractivity (Wildman–Crippen MR) is 116 cm³/mol. The minimum Gasteiger partial charge on any atom is -0.497 e. The summed E-state index contributed by atoms with van der Waals surface area (Å²) in [6, 6.07) is 11.9. The van der Waals surface area contributed by atoms with Gasteiger partial charge in [-0.3, -0.25) is 4.84 Å². The Labute approximate surface area is 179 Å². The summed E-state index contributed by atoms with van der Waals surface area (Å²) in [6.07, 6.45) is -0.906. The van der Waals surface area contributed by atoms with Gasteiger partial charge in [-0.05, 0) is 56.7 Å². The highest BCUT2D eigenvalue weighted by atomic mass is 16.8. The van der Waals surface area contributed by atoms with Gasteiger partial charge in [-0.25, -0.2) is 9.59 Å². The highest BCUT2D eigenvalue weighted by Gasteiger charge is 2.20. The van der Waals surface area contributed by atoms with Crippen LogP contribution in [0.1, 0.15) is 26.3 Å². The molecule has 10 heteroatoms. The largest absolute Gasteiger partial charge is 0.535 e. The number of fused-ring (bicyclic) bond motifs is 1. The Balaban J connectivity index is 1.66. The number of anilines is 2. The van der Waals surface area contributed by atoms with Crippen molar-refractivity contribution >= 4 is 34.6 Å². The average Bonchev–Trinajstić information content (AvgIpc) is 3.00. The number of hydrogen-bond acceptors (Lipinski definition) is 7. The maximum Gasteiger partial charge on any atom is 0.535 e. The maximum absolute atomic E-state index is 12.3. The van der Waals surface area contributed by atoms with Gasteiger partial charge >= 0.3 is 12.2 Å². The van der Waals surface area contributed by atoms with Crippen LogP contribution in [0, 0.1) is 0 Å². The molecule has 0 spiro atoms. The summed E-state index contributed by atoms with van der Waals surface area (Å²) in [5, 5.41) is 10.0. The normalized spacial score (nSPS) is 11.1. The van der Waals surface area contributed by atoms with Crippen LogP contribution in [0.4, 0.5) is 21.1 Å². The van der Waals surface area contributed by atoms with Gasteiger partial charge in [0.05, 0.1) is 7.11 Å². The number of carbonyl (C=O) groups excluding carboxylic acids is 2. The van der Waals surface area contributed by atoms with Crippen molar-refractivity contribution in [2.75, 3.05) is 18.2 Å². The lowest BCUT2D eigenvalue weighted by Gasteiger charge is -2.18. The molecule has 0 unspecified atom stereocenters. The Morgan fingerprint density at radius 1 is 1.16 bits per heavy atom. The first-order valence-electron chi connectivity index (χ1n) is 9.52. The summed E-state index contributed by atoms with van der Waals surface area (Å²) in [5.41, 5.74) is 7.08. The smallest absolute Gasteiger partial charge is 0.497 e. The Kier molecular flexibility index (Phi) is 6.19. The number of ether oxygens (including phenoxy) is 2. The first kappa shape index (κ1) is 21.8. The van der Waals surface area contributed by atoms with Gasteiger partial charge in [0, 0.05) is 17.6 Å². The summed E-state index contributed by atoms with van der Waals surface area (Å²) < 4.78 is 10.3. The zero-order valence-corrected chi connectivity index (χ0v) is 17.8. The summed E-state index contributed by atoms with van der Waals surface area (Å²) in [5.74, 6) is 0.852. The van der Waals surface area contributed by atoms with Gasteiger partial charge in [0.1, 0.15) is 16.9 Å². The predicted octanol–water partition coefficient (Wildman–Crippen LogP) is 3.31. The number of nitrogens with zero attached hydrogens (tertiary/aromatic N) is 2. The fourth-order valence-electron chi connectivity index (χ4n) is 2.74. The number of carbonyl (C=O) groups is 2. The summed E-state index contributed by atoms with van der Waals surface area (Å²) in [4.78, 5) is 30.3. The second-order valence-electron chi connectivity index (χ2n) is 7.71. The van der Waals surface area contributed by atoms with E-state index in [2.05, 4.69) is 15.7 Å². The molecule has 0 saturated carbocycles. The number of nitrogens with two attached hydrogens (primary N) is 1. The highest BCUT2D eigenvalue weighted by molar-refractivity contribution is 5.96. The SMILES string of the molecule is COc1cccc(CNC(=O)Nc2ccc3c(c2)c(N)nn3OC(=O)OC(C)(C)C)c1. The molecule has 0 radical (unpaired) electrons. The number of rotatable bonds is 5. The number of amides is 2. The number of nitrogen functional groups attached to an aromatic ring is 1. The van der Waals surface area contributed by atoms with Crippen LogP contribution in [0.3, 0.4) is 0 Å². The van der Waals surface area contributed by atoms with E-state index in [-0.39, 0.29) is 5.82 Å². The van der Waals surface area contributed by atoms with Gasteiger partial charge in [-0.15, -0.1) is 5.10 Å². The molecule has 164 valence electrons. The van der Waals surface area contributed by atoms with Crippen LogP contribution >= 0.6 is 0 Å². The molecule has 2 amide bonds. The lowest BCUT2D eigenvalue weighted by atomic mass is 10.2. The Morgan fingerprint density at radius 3 is 2.65 bits per heavy atom. The van der Waals surface area contributed by atoms with Gasteiger partial charge in [0.15, 0.2) is 5.82 Å². The zero-order valence-electron chi connectivity index (χ0n) is 17.8. The Morgan fingerprint density at radius 2 is 1.94 bits per heavy atom. The van der Waals surface area contributed by atoms with Crippen molar-refractivity contribution in [2.24, 2.45) is 0 Å². The van der Waals surface area contributed by atoms with Gasteiger partial charge in [0.25, 0.3) is 0 Å². The molecule has 0 saturated heterocycles. The lowest BCUT2D eigenvalue weighted by molar-refractivity contribution is -0.0146. The van der Waals surface area contributed by atoms with Crippen molar-refractivity contribution in [2.45, 2.75) is 32.9 Å². The van der Waals surface area contributed by atoms with Crippen molar-refractivity contribution in [3.63, 3.8) is 0 Å². The first-order valence-corrected chi connectivity index (χ1v) is 9.52. The highest BCUT2D eigenvalue weighted by Crippen LogP contribution is 2.24. The lowest BCUT2D eigenvalue weighted by Crippen LogP contribution is -2.30. The number of nitrogens with one attached hydrogen (secondary N) is 2. The molecule has 0 aliphatic carbocycles. The van der Waals surface area contributed by atoms with E-state index in [1.807, 2.05) is 24.3 Å². The molecule has 4 N–H and O–H groups in total. The molecule has 31 heavy (non-hydrogen) atoms. The standard InChI is InChI=1S/C21H25N5O5/c1-21(2,3)30-20(28)31-26-17-9-8-14(11-16(17)18(22)25-26)24-19(27)23-12-13-6-5-7-15(10-13)29-4/h5-11H,12H2,1-4H3,(H2,22,25)(H2,23,24,27). The summed E-state index contributed by atoms with van der Waals surface area (Å²) in [7, 11) is 1.59. The number of hydrogen-bond donors (Lipinski definition) is 3. The number of aromatic nitrogens is 2. The van der Waals surface area contributed by atoms with Gasteiger partial charge in [-0.1, -0.05) is 17.0 Å². The minimum atomic E-state index is -0.906. The molecule has 0 bridgehead atoms. The molecule has 10 nitrogen and oxygen atoms in total. The van der Waals surface area contributed by atoms with E-state index in [4.69, 9.17) is 20.0 Å². The van der Waals surface area contributed by atoms with E-state index < -0.39 is 17.8 Å². The molecular formula is C21H25N5O5. The monoisotopic (exact) mass is 427 g/mol. The molecule has 2 aromatic carbocycles. The van der Waals surface area contributed by atoms with Crippen LogP contribution in [-0.4, -0.2) is 34.8 Å². The third-order valence-corrected chi connectivity index (χ3v) is 4.07. The molecule has 0 fully saturated rings. The van der Waals surface area contributed by atoms with Crippen LogP contribution in [-0.2, 0) is 11.3 Å². The van der Waals surface area contributed by atoms with E-state index >= 15 is 0 Å². The molecule has 1 aromatic heterocycles. The third kappa shape index (κ3) is 5.78. The topological polar surface area (TPSA) is 130 Å². The van der Waals surface area contributed by atoms with Crippen LogP contribution < -0.4 is 25.9 Å². The van der Waals surface area contributed by atoms with Crippen LogP contribution in [0.2, 0.25) is 0 Å². The molecular weight excluding hydrogens is 402 g/mol. The van der Waals surface area contributed by atoms with E-state index in [9.17, 15) is 9.59 Å². The second-order valence-corrected chi connectivity index (χ2v) is 7.71. The van der Waals surface area contributed by atoms with Crippen LogP contribution in [0.15, 0.2) is 42.5 Å². The van der Waals surface area contributed by atoms with E-state index in [0.29, 0.717) is 28.9 Å². The van der Waals surface area contributed by atoms with Crippen molar-refractivity contribution in [3.05, 3.63) is 48.0 Å². The van der Waals surface area contributed by atoms with Crippen LogP contribution in [0.25, 0.3) is 10.9 Å². The summed E-state index contributed by atoms with van der Waals surface area (Å²) in [6.45, 7) is 5.50. The van der Waals surface area contributed by atoms with Gasteiger partial charge in [-0.2, -0.15) is 0 Å². The second kappa shape index (κ2) is 8.82. The average molecular weight is 427 g/mol. The molecule has 3 aromatic rings. The van der Waals surface area contributed by atoms with Gasteiger partial charge < -0.3 is 25.8 Å². The molecule has 0 atom stereocenters. The van der Waals surface area contributed by atoms with E-state index in [0.717, 1.165) is 10.4 Å². The van der Waals surface area contributed by atoms with Crippen molar-refractivity contribution in [3.8, 4) is 5.75 Å². The van der Waals surface area contributed by atoms with Crippen molar-refractivity contribution in [1.29, 1.82) is 0 Å². The zero-order chi connectivity index (χ0) is 22.6. The third-order valence-electron chi connectivity index (χ3n) is 4.07. The summed E-state index contributed by atoms with van der Waals surface area (Å²) >= 11 is 0. The fraction of sp³-hybridized carbons (Fsp3) is 0.286. The fourth-order valence-corrected chi connectivity index (χ4v) is 2.74. The molecule has 0 aliphatic heterocycles. The molecule has 3 rings (SSSR count). The van der Waals surface area contributed by atoms with Crippen molar-refractivity contribution < 1.29 is 23.9 Å². The number of urea groups is 1. The first-order chi connectivity index (χ1) is 14.6. The van der Waals surface area contributed by atoms with E-state index in [1.165, 1.54) is 0 Å². The number of benzene rings is 2. The quantitative estimate of drug-likeness (QED) is 0.533. The Hall–Kier alpha value is -3.95. The molecule has 1 heterocycles. The minimum absolute atomic E-state index is 0.138. The Bertz CT molecular complexity index is 1100. The molecule has 0 aliphatic rings.